The summed E-state index contributed by atoms with van der Waals surface area (Å²) in [6.45, 7) is 3.51. The Morgan fingerprint density at radius 3 is 2.92 bits per heavy atom. The molecule has 0 radical (unpaired) electrons. The first kappa shape index (κ1) is 10.3. The summed E-state index contributed by atoms with van der Waals surface area (Å²) in [7, 11) is 0. The van der Waals surface area contributed by atoms with Gasteiger partial charge in [0, 0.05) is 13.1 Å². The summed E-state index contributed by atoms with van der Waals surface area (Å²) in [6.07, 6.45) is 2.63. The number of thiazole rings is 1. The predicted molar refractivity (Wildman–Crippen MR) is 52.0 cm³/mol. The minimum Gasteiger partial charge on any atom is -0.386 e. The Balaban J connectivity index is 2.73. The van der Waals surface area contributed by atoms with E-state index in [9.17, 15) is 9.90 Å². The maximum Gasteiger partial charge on any atom is 0.171 e. The molecule has 0 amide bonds. The molecule has 72 valence electrons. The Morgan fingerprint density at radius 1 is 1.77 bits per heavy atom. The Labute approximate surface area is 81.4 Å². The van der Waals surface area contributed by atoms with Gasteiger partial charge in [-0.1, -0.05) is 13.3 Å². The number of hydrogen-bond acceptors (Lipinski definition) is 4. The maximum absolute atomic E-state index is 10.9. The molecular weight excluding hydrogens is 186 g/mol. The fourth-order valence-corrected chi connectivity index (χ4v) is 1.84. The van der Waals surface area contributed by atoms with Crippen LogP contribution in [0.1, 0.15) is 47.5 Å². The average molecular weight is 199 g/mol. The number of nitrogens with zero attached hydrogens (tertiary/aromatic N) is 1. The zero-order chi connectivity index (χ0) is 9.84. The van der Waals surface area contributed by atoms with Crippen molar-refractivity contribution in [2.45, 2.75) is 32.8 Å². The molecule has 4 heteroatoms. The summed E-state index contributed by atoms with van der Waals surface area (Å²) in [5.41, 5.74) is 0. The Kier molecular flexibility index (Phi) is 3.57. The minimum absolute atomic E-state index is 0.00690. The van der Waals surface area contributed by atoms with E-state index in [1.54, 1.807) is 0 Å². The van der Waals surface area contributed by atoms with E-state index >= 15 is 0 Å². The van der Waals surface area contributed by atoms with E-state index in [1.807, 2.05) is 6.92 Å². The number of ketones is 1. The topological polar surface area (TPSA) is 50.2 Å². The van der Waals surface area contributed by atoms with Crippen molar-refractivity contribution in [3.05, 3.63) is 16.1 Å². The van der Waals surface area contributed by atoms with E-state index in [4.69, 9.17) is 0 Å². The Morgan fingerprint density at radius 2 is 2.46 bits per heavy atom. The third-order valence-electron chi connectivity index (χ3n) is 1.72. The molecule has 1 aromatic heterocycles. The van der Waals surface area contributed by atoms with Gasteiger partial charge >= 0.3 is 0 Å². The predicted octanol–water partition coefficient (Wildman–Crippen LogP) is 2.18. The molecule has 0 aliphatic heterocycles. The molecule has 1 unspecified atom stereocenters. The van der Waals surface area contributed by atoms with Crippen LogP contribution in [0.15, 0.2) is 6.20 Å². The molecule has 0 fully saturated rings. The normalized spacial score (nSPS) is 12.8. The van der Waals surface area contributed by atoms with Gasteiger partial charge in [0.1, 0.15) is 11.1 Å². The number of rotatable bonds is 4. The van der Waals surface area contributed by atoms with Crippen molar-refractivity contribution in [3.63, 3.8) is 0 Å². The van der Waals surface area contributed by atoms with Crippen LogP contribution in [0.2, 0.25) is 0 Å². The first-order valence-electron chi connectivity index (χ1n) is 4.30. The van der Waals surface area contributed by atoms with Crippen molar-refractivity contribution < 1.29 is 9.90 Å². The van der Waals surface area contributed by atoms with E-state index in [1.165, 1.54) is 24.5 Å². The Hall–Kier alpha value is -0.740. The molecule has 1 rings (SSSR count). The van der Waals surface area contributed by atoms with Crippen LogP contribution in [-0.4, -0.2) is 15.9 Å². The SMILES string of the molecule is CCCC(O)c1ncc(C(C)=O)s1. The molecular formula is C9H13NO2S. The summed E-state index contributed by atoms with van der Waals surface area (Å²) >= 11 is 1.28. The van der Waals surface area contributed by atoms with E-state index in [0.29, 0.717) is 16.3 Å². The first-order chi connectivity index (χ1) is 6.15. The largest absolute Gasteiger partial charge is 0.386 e. The van der Waals surface area contributed by atoms with Crippen molar-refractivity contribution in [2.24, 2.45) is 0 Å². The highest BCUT2D eigenvalue weighted by Gasteiger charge is 2.12. The van der Waals surface area contributed by atoms with Crippen LogP contribution in [0.25, 0.3) is 0 Å². The Bertz CT molecular complexity index is 296. The monoisotopic (exact) mass is 199 g/mol. The lowest BCUT2D eigenvalue weighted by atomic mass is 10.2. The van der Waals surface area contributed by atoms with Crippen LogP contribution in [0.5, 0.6) is 0 Å². The van der Waals surface area contributed by atoms with E-state index in [-0.39, 0.29) is 5.78 Å². The molecule has 1 aromatic rings. The smallest absolute Gasteiger partial charge is 0.171 e. The molecule has 3 nitrogen and oxygen atoms in total. The zero-order valence-corrected chi connectivity index (χ0v) is 8.60. The molecule has 0 bridgehead atoms. The standard InChI is InChI=1S/C9H13NO2S/c1-3-4-7(12)9-10-5-8(13-9)6(2)11/h5,7,12H,3-4H2,1-2H3. The van der Waals surface area contributed by atoms with Gasteiger partial charge in [0.2, 0.25) is 0 Å². The van der Waals surface area contributed by atoms with Crippen molar-refractivity contribution in [2.75, 3.05) is 0 Å². The van der Waals surface area contributed by atoms with Gasteiger partial charge < -0.3 is 5.11 Å². The number of carbonyl (C=O) groups is 1. The average Bonchev–Trinajstić information content (AvgIpc) is 2.52. The maximum atomic E-state index is 10.9. The molecule has 0 aliphatic carbocycles. The fraction of sp³-hybridized carbons (Fsp3) is 0.556. The van der Waals surface area contributed by atoms with Crippen molar-refractivity contribution in [1.29, 1.82) is 0 Å². The minimum atomic E-state index is -0.511. The first-order valence-corrected chi connectivity index (χ1v) is 5.11. The van der Waals surface area contributed by atoms with Gasteiger partial charge in [-0.15, -0.1) is 11.3 Å². The zero-order valence-electron chi connectivity index (χ0n) is 7.78. The van der Waals surface area contributed by atoms with Gasteiger partial charge in [-0.25, -0.2) is 4.98 Å². The van der Waals surface area contributed by atoms with Gasteiger partial charge in [0.05, 0.1) is 4.88 Å². The molecule has 1 atom stereocenters. The van der Waals surface area contributed by atoms with Gasteiger partial charge in [-0.05, 0) is 6.42 Å². The van der Waals surface area contributed by atoms with Crippen LogP contribution in [0.4, 0.5) is 0 Å². The van der Waals surface area contributed by atoms with Crippen LogP contribution in [0, 0.1) is 0 Å². The molecule has 0 aliphatic rings. The van der Waals surface area contributed by atoms with Crippen LogP contribution >= 0.6 is 11.3 Å². The van der Waals surface area contributed by atoms with Crippen LogP contribution in [0.3, 0.4) is 0 Å². The molecule has 0 saturated heterocycles. The van der Waals surface area contributed by atoms with E-state index in [0.717, 1.165) is 6.42 Å². The summed E-state index contributed by atoms with van der Waals surface area (Å²) in [5, 5.41) is 10.2. The highest BCUT2D eigenvalue weighted by Crippen LogP contribution is 2.23. The highest BCUT2D eigenvalue weighted by atomic mass is 32.1. The number of aromatic nitrogens is 1. The fourth-order valence-electron chi connectivity index (χ4n) is 1.00. The van der Waals surface area contributed by atoms with E-state index in [2.05, 4.69) is 4.98 Å². The van der Waals surface area contributed by atoms with Gasteiger partial charge in [-0.2, -0.15) is 0 Å². The molecule has 1 heterocycles. The number of aliphatic hydroxyl groups is 1. The quantitative estimate of drug-likeness (QED) is 0.756. The third-order valence-corrected chi connectivity index (χ3v) is 2.92. The van der Waals surface area contributed by atoms with Gasteiger partial charge in [0.25, 0.3) is 0 Å². The summed E-state index contributed by atoms with van der Waals surface area (Å²) in [4.78, 5) is 15.5. The molecule has 13 heavy (non-hydrogen) atoms. The number of carbonyl (C=O) groups excluding carboxylic acids is 1. The van der Waals surface area contributed by atoms with Gasteiger partial charge in [-0.3, -0.25) is 4.79 Å². The molecule has 0 spiro atoms. The second kappa shape index (κ2) is 4.48. The second-order valence-corrected chi connectivity index (χ2v) is 3.99. The molecule has 1 N–H and O–H groups in total. The molecule has 0 aromatic carbocycles. The van der Waals surface area contributed by atoms with Crippen LogP contribution < -0.4 is 0 Å². The third kappa shape index (κ3) is 2.60. The summed E-state index contributed by atoms with van der Waals surface area (Å²) < 4.78 is 0. The summed E-state index contributed by atoms with van der Waals surface area (Å²) in [6, 6.07) is 0. The van der Waals surface area contributed by atoms with Crippen molar-refractivity contribution >= 4 is 17.1 Å². The second-order valence-electron chi connectivity index (χ2n) is 2.92. The van der Waals surface area contributed by atoms with E-state index < -0.39 is 6.10 Å². The molecule has 0 saturated carbocycles. The number of hydrogen-bond donors (Lipinski definition) is 1. The summed E-state index contributed by atoms with van der Waals surface area (Å²) in [5.74, 6) is 0.00690. The van der Waals surface area contributed by atoms with Crippen molar-refractivity contribution in [3.8, 4) is 0 Å². The lowest BCUT2D eigenvalue weighted by Gasteiger charge is -2.03. The number of Topliss-reactive ketones (excluding diaryl/α,β-unsaturated/α-hetero) is 1. The highest BCUT2D eigenvalue weighted by molar-refractivity contribution is 7.13. The lowest BCUT2D eigenvalue weighted by molar-refractivity contribution is 0.102. The lowest BCUT2D eigenvalue weighted by Crippen LogP contribution is -1.94. The van der Waals surface area contributed by atoms with Gasteiger partial charge in [0.15, 0.2) is 5.78 Å². The van der Waals surface area contributed by atoms with Crippen molar-refractivity contribution in [1.82, 2.24) is 4.98 Å². The number of aliphatic hydroxyl groups excluding tert-OH is 1. The van der Waals surface area contributed by atoms with Crippen LogP contribution in [-0.2, 0) is 0 Å².